The van der Waals surface area contributed by atoms with Gasteiger partial charge in [0.1, 0.15) is 17.0 Å². The number of hydrogen-bond donors (Lipinski definition) is 0. The molecule has 1 aliphatic heterocycles. The third-order valence-electron chi connectivity index (χ3n) is 6.17. The van der Waals surface area contributed by atoms with Gasteiger partial charge >= 0.3 is 5.97 Å². The number of ether oxygens (including phenoxy) is 1. The van der Waals surface area contributed by atoms with Gasteiger partial charge in [-0.3, -0.25) is 9.78 Å². The van der Waals surface area contributed by atoms with Crippen molar-refractivity contribution in [2.75, 3.05) is 6.54 Å². The summed E-state index contributed by atoms with van der Waals surface area (Å²) in [5.41, 5.74) is 3.86. The number of fused-ring (bicyclic) bond motifs is 1. The molecule has 31 heavy (non-hydrogen) atoms. The number of aromatic nitrogens is 2. The van der Waals surface area contributed by atoms with Crippen molar-refractivity contribution in [3.05, 3.63) is 71.2 Å². The van der Waals surface area contributed by atoms with Crippen LogP contribution in [0.1, 0.15) is 52.5 Å². The number of benzene rings is 1. The van der Waals surface area contributed by atoms with Crippen molar-refractivity contribution in [1.82, 2.24) is 15.0 Å². The van der Waals surface area contributed by atoms with Gasteiger partial charge < -0.3 is 14.2 Å². The smallest absolute Gasteiger partial charge is 0.344 e. The van der Waals surface area contributed by atoms with E-state index in [1.165, 1.54) is 11.1 Å². The average Bonchev–Trinajstić information content (AvgIpc) is 3.36. The maximum Gasteiger partial charge on any atom is 0.344 e. The Kier molecular flexibility index (Phi) is 5.02. The summed E-state index contributed by atoms with van der Waals surface area (Å²) >= 11 is 0. The number of hydrogen-bond acceptors (Lipinski definition) is 6. The van der Waals surface area contributed by atoms with E-state index >= 15 is 0 Å². The zero-order valence-corrected chi connectivity index (χ0v) is 17.3. The first-order chi connectivity index (χ1) is 15.1. The van der Waals surface area contributed by atoms with Crippen molar-refractivity contribution < 1.29 is 18.8 Å². The van der Waals surface area contributed by atoms with Gasteiger partial charge in [-0.25, -0.2) is 4.79 Å². The number of esters is 1. The average molecular weight is 417 g/mol. The second-order valence-electron chi connectivity index (χ2n) is 8.02. The molecule has 0 spiro atoms. The molecule has 1 aliphatic carbocycles. The topological polar surface area (TPSA) is 85.5 Å². The molecule has 7 heteroatoms. The fourth-order valence-corrected chi connectivity index (χ4v) is 4.65. The Balaban J connectivity index is 1.35. The zero-order valence-electron chi connectivity index (χ0n) is 17.3. The van der Waals surface area contributed by atoms with Crippen LogP contribution >= 0.6 is 0 Å². The fourth-order valence-electron chi connectivity index (χ4n) is 4.65. The molecule has 2 unspecified atom stereocenters. The van der Waals surface area contributed by atoms with Crippen molar-refractivity contribution in [3.63, 3.8) is 0 Å². The summed E-state index contributed by atoms with van der Waals surface area (Å²) < 4.78 is 10.9. The highest BCUT2D eigenvalue weighted by atomic mass is 16.6. The van der Waals surface area contributed by atoms with Gasteiger partial charge in [-0.2, -0.15) is 0 Å². The van der Waals surface area contributed by atoms with E-state index < -0.39 is 12.1 Å². The Hall–Kier alpha value is -3.48. The summed E-state index contributed by atoms with van der Waals surface area (Å²) in [6.45, 7) is 2.24. The van der Waals surface area contributed by atoms with Gasteiger partial charge in [-0.1, -0.05) is 29.4 Å². The summed E-state index contributed by atoms with van der Waals surface area (Å²) in [6, 6.07) is 11.8. The highest BCUT2D eigenvalue weighted by molar-refractivity contribution is 5.98. The van der Waals surface area contributed by atoms with E-state index in [9.17, 15) is 9.59 Å². The minimum Gasteiger partial charge on any atom is -0.448 e. The first-order valence-corrected chi connectivity index (χ1v) is 10.6. The molecule has 7 nitrogen and oxygen atoms in total. The number of carbonyl (C=O) groups is 2. The molecule has 1 fully saturated rings. The maximum absolute atomic E-state index is 13.2. The monoisotopic (exact) mass is 417 g/mol. The van der Waals surface area contributed by atoms with E-state index in [0.717, 1.165) is 19.3 Å². The molecule has 1 aromatic carbocycles. The van der Waals surface area contributed by atoms with Gasteiger partial charge in [0.15, 0.2) is 6.10 Å². The number of pyridine rings is 1. The largest absolute Gasteiger partial charge is 0.448 e. The van der Waals surface area contributed by atoms with E-state index in [4.69, 9.17) is 9.26 Å². The highest BCUT2D eigenvalue weighted by Gasteiger charge is 2.40. The first-order valence-electron chi connectivity index (χ1n) is 10.6. The van der Waals surface area contributed by atoms with Crippen LogP contribution in [0.3, 0.4) is 0 Å². The lowest BCUT2D eigenvalue weighted by Crippen LogP contribution is -2.36. The number of carbonyl (C=O) groups excluding carboxylic acids is 2. The van der Waals surface area contributed by atoms with Gasteiger partial charge in [-0.05, 0) is 49.4 Å². The van der Waals surface area contributed by atoms with Gasteiger partial charge in [0.25, 0.3) is 5.91 Å². The van der Waals surface area contributed by atoms with Gasteiger partial charge in [0.2, 0.25) is 0 Å². The molecule has 1 saturated heterocycles. The summed E-state index contributed by atoms with van der Waals surface area (Å²) in [5, 5.41) is 4.02. The van der Waals surface area contributed by atoms with Gasteiger partial charge in [0.05, 0.1) is 6.04 Å². The molecule has 5 rings (SSSR count). The molecule has 2 aromatic heterocycles. The molecule has 158 valence electrons. The van der Waals surface area contributed by atoms with Crippen LogP contribution in [0.2, 0.25) is 0 Å². The number of nitrogens with zero attached hydrogens (tertiary/aromatic N) is 3. The van der Waals surface area contributed by atoms with Crippen LogP contribution in [0.5, 0.6) is 0 Å². The molecule has 3 aromatic rings. The van der Waals surface area contributed by atoms with Gasteiger partial charge in [-0.15, -0.1) is 0 Å². The summed E-state index contributed by atoms with van der Waals surface area (Å²) in [4.78, 5) is 32.0. The minimum atomic E-state index is -0.791. The predicted octanol–water partition coefficient (Wildman–Crippen LogP) is 3.88. The molecular weight excluding hydrogens is 394 g/mol. The Morgan fingerprint density at radius 3 is 2.81 bits per heavy atom. The van der Waals surface area contributed by atoms with E-state index in [1.54, 1.807) is 31.5 Å². The number of aryl methyl sites for hydroxylation is 2. The van der Waals surface area contributed by atoms with E-state index in [1.807, 2.05) is 17.0 Å². The molecule has 3 heterocycles. The summed E-state index contributed by atoms with van der Waals surface area (Å²) in [6.07, 6.45) is 5.95. The predicted molar refractivity (Wildman–Crippen MR) is 112 cm³/mol. The number of amides is 1. The van der Waals surface area contributed by atoms with E-state index in [2.05, 4.69) is 22.3 Å². The van der Waals surface area contributed by atoms with Gasteiger partial charge in [0, 0.05) is 30.9 Å². The van der Waals surface area contributed by atoms with Crippen molar-refractivity contribution in [1.29, 1.82) is 0 Å². The quantitative estimate of drug-likeness (QED) is 0.599. The summed E-state index contributed by atoms with van der Waals surface area (Å²) in [7, 11) is 0. The highest BCUT2D eigenvalue weighted by Crippen LogP contribution is 2.37. The lowest BCUT2D eigenvalue weighted by atomic mass is 9.87. The lowest BCUT2D eigenvalue weighted by molar-refractivity contribution is -0.137. The Bertz CT molecular complexity index is 1120. The maximum atomic E-state index is 13.2. The molecule has 0 saturated carbocycles. The normalized spacial score (nSPS) is 20.5. The first kappa shape index (κ1) is 19.5. The third kappa shape index (κ3) is 3.50. The van der Waals surface area contributed by atoms with Crippen LogP contribution in [0.25, 0.3) is 11.3 Å². The Morgan fingerprint density at radius 2 is 1.97 bits per heavy atom. The second-order valence-corrected chi connectivity index (χ2v) is 8.02. The lowest BCUT2D eigenvalue weighted by Gasteiger charge is -2.33. The summed E-state index contributed by atoms with van der Waals surface area (Å²) in [5.74, 6) is -0.357. The van der Waals surface area contributed by atoms with Crippen LogP contribution in [-0.4, -0.2) is 39.6 Å². The minimum absolute atomic E-state index is 0.0471. The van der Waals surface area contributed by atoms with Crippen LogP contribution < -0.4 is 0 Å². The molecule has 0 radical (unpaired) electrons. The van der Waals surface area contributed by atoms with Crippen molar-refractivity contribution in [2.45, 2.75) is 44.8 Å². The van der Waals surface area contributed by atoms with Crippen molar-refractivity contribution in [2.24, 2.45) is 0 Å². The molecule has 1 amide bonds. The third-order valence-corrected chi connectivity index (χ3v) is 6.17. The number of rotatable bonds is 4. The second kappa shape index (κ2) is 7.98. The molecule has 0 N–H and O–H groups in total. The van der Waals surface area contributed by atoms with Crippen LogP contribution in [-0.2, 0) is 16.0 Å². The standard InChI is InChI=1S/C24H23N3O4/c1-15-21(22(26-31-15)17-9-12-25-13-10-17)24(29)30-20-11-14-27(23(20)28)19-8-4-6-16-5-2-3-7-18(16)19/h2-3,5,7,9-10,12-13,19-20H,4,6,8,11,14H2,1H3. The number of likely N-dealkylation sites (tertiary alicyclic amines) is 1. The van der Waals surface area contributed by atoms with E-state index in [-0.39, 0.29) is 17.5 Å². The SMILES string of the molecule is Cc1onc(-c2ccncc2)c1C(=O)OC1CCN(C2CCCc3ccccc32)C1=O. The Labute approximate surface area is 180 Å². The fraction of sp³-hybridized carbons (Fsp3) is 0.333. The molecular formula is C24H23N3O4. The van der Waals surface area contributed by atoms with Crippen molar-refractivity contribution in [3.8, 4) is 11.3 Å². The van der Waals surface area contributed by atoms with E-state index in [0.29, 0.717) is 30.0 Å². The van der Waals surface area contributed by atoms with Crippen molar-refractivity contribution >= 4 is 11.9 Å². The van der Waals surface area contributed by atoms with Crippen LogP contribution in [0.15, 0.2) is 53.3 Å². The Morgan fingerprint density at radius 1 is 1.16 bits per heavy atom. The van der Waals surface area contributed by atoms with Crippen LogP contribution in [0, 0.1) is 6.92 Å². The van der Waals surface area contributed by atoms with Crippen LogP contribution in [0.4, 0.5) is 0 Å². The molecule has 2 atom stereocenters. The molecule has 2 aliphatic rings. The zero-order chi connectivity index (χ0) is 21.4. The molecule has 0 bridgehead atoms.